The van der Waals surface area contributed by atoms with Gasteiger partial charge in [0.1, 0.15) is 0 Å². The Kier molecular flexibility index (Phi) is 3.53. The topological polar surface area (TPSA) is 53.0 Å². The van der Waals surface area contributed by atoms with Crippen molar-refractivity contribution in [1.29, 1.82) is 5.26 Å². The molecule has 0 heterocycles. The van der Waals surface area contributed by atoms with Gasteiger partial charge in [-0.2, -0.15) is 5.26 Å². The highest BCUT2D eigenvalue weighted by molar-refractivity contribution is 5.57. The minimum atomic E-state index is 0.594. The molecular formula is C18H19N3. The maximum absolute atomic E-state index is 9.06. The number of rotatable bonds is 4. The zero-order valence-corrected chi connectivity index (χ0v) is 12.2. The molecule has 2 aromatic rings. The summed E-state index contributed by atoms with van der Waals surface area (Å²) in [5.74, 6) is 0. The average Bonchev–Trinajstić information content (AvgIpc) is 3.31. The molecule has 0 aromatic heterocycles. The van der Waals surface area contributed by atoms with Crippen molar-refractivity contribution in [2.75, 3.05) is 10.6 Å². The Bertz CT molecular complexity index is 696. The van der Waals surface area contributed by atoms with Crippen molar-refractivity contribution in [2.45, 2.75) is 32.4 Å². The smallest absolute Gasteiger partial charge is 0.0994 e. The van der Waals surface area contributed by atoms with E-state index in [2.05, 4.69) is 23.1 Å². The monoisotopic (exact) mass is 277 g/mol. The predicted molar refractivity (Wildman–Crippen MR) is 86.0 cm³/mol. The molecule has 2 N–H and O–H groups in total. The Morgan fingerprint density at radius 1 is 1.24 bits per heavy atom. The molecule has 0 saturated heterocycles. The third-order valence-electron chi connectivity index (χ3n) is 4.05. The summed E-state index contributed by atoms with van der Waals surface area (Å²) in [5, 5.41) is 9.06. The zero-order chi connectivity index (χ0) is 14.8. The Morgan fingerprint density at radius 3 is 2.62 bits per heavy atom. The predicted octanol–water partition coefficient (Wildman–Crippen LogP) is 3.62. The van der Waals surface area contributed by atoms with Crippen LogP contribution in [0.2, 0.25) is 0 Å². The lowest BCUT2D eigenvalue weighted by Crippen LogP contribution is -2.25. The summed E-state index contributed by atoms with van der Waals surface area (Å²) in [6.45, 7) is 2.81. The van der Waals surface area contributed by atoms with Crippen LogP contribution in [0.3, 0.4) is 0 Å². The molecule has 0 atom stereocenters. The van der Waals surface area contributed by atoms with Gasteiger partial charge in [0.05, 0.1) is 11.6 Å². The second-order valence-corrected chi connectivity index (χ2v) is 5.67. The Labute approximate surface area is 125 Å². The van der Waals surface area contributed by atoms with Crippen molar-refractivity contribution in [1.82, 2.24) is 0 Å². The molecule has 106 valence electrons. The van der Waals surface area contributed by atoms with E-state index in [4.69, 9.17) is 11.0 Å². The minimum Gasteiger partial charge on any atom is -0.398 e. The Hall–Kier alpha value is -2.47. The van der Waals surface area contributed by atoms with Crippen LogP contribution in [-0.4, -0.2) is 6.04 Å². The largest absolute Gasteiger partial charge is 0.398 e. The molecule has 0 bridgehead atoms. The molecule has 0 unspecified atom stereocenters. The molecule has 3 nitrogen and oxygen atoms in total. The second kappa shape index (κ2) is 5.49. The third-order valence-corrected chi connectivity index (χ3v) is 4.05. The van der Waals surface area contributed by atoms with E-state index in [0.717, 1.165) is 28.9 Å². The van der Waals surface area contributed by atoms with E-state index >= 15 is 0 Å². The van der Waals surface area contributed by atoms with Gasteiger partial charge < -0.3 is 10.6 Å². The quantitative estimate of drug-likeness (QED) is 0.868. The van der Waals surface area contributed by atoms with Crippen molar-refractivity contribution in [3.8, 4) is 6.07 Å². The van der Waals surface area contributed by atoms with Crippen molar-refractivity contribution >= 4 is 11.4 Å². The molecule has 21 heavy (non-hydrogen) atoms. The van der Waals surface area contributed by atoms with Crippen molar-refractivity contribution < 1.29 is 0 Å². The second-order valence-electron chi connectivity index (χ2n) is 5.67. The lowest BCUT2D eigenvalue weighted by Gasteiger charge is -2.26. The van der Waals surface area contributed by atoms with Gasteiger partial charge in [-0.1, -0.05) is 18.2 Å². The summed E-state index contributed by atoms with van der Waals surface area (Å²) in [6.07, 6.45) is 2.46. The van der Waals surface area contributed by atoms with Crippen molar-refractivity contribution in [3.63, 3.8) is 0 Å². The summed E-state index contributed by atoms with van der Waals surface area (Å²) in [5.41, 5.74) is 11.0. The van der Waals surface area contributed by atoms with Gasteiger partial charge in [0.25, 0.3) is 0 Å². The lowest BCUT2D eigenvalue weighted by atomic mass is 10.1. The highest BCUT2D eigenvalue weighted by Crippen LogP contribution is 2.34. The van der Waals surface area contributed by atoms with Crippen molar-refractivity contribution in [3.05, 3.63) is 59.2 Å². The highest BCUT2D eigenvalue weighted by atomic mass is 15.2. The molecule has 1 saturated carbocycles. The van der Waals surface area contributed by atoms with Crippen LogP contribution in [0.1, 0.15) is 29.5 Å². The molecule has 3 rings (SSSR count). The summed E-state index contributed by atoms with van der Waals surface area (Å²) in [6, 6.07) is 16.9. The summed E-state index contributed by atoms with van der Waals surface area (Å²) < 4.78 is 0. The number of nitrogens with two attached hydrogens (primary N) is 1. The standard InChI is InChI=1S/C18H19N3/c1-13-10-17(7-6-14(13)11-19)21(16-8-9-16)12-15-4-2-3-5-18(15)20/h2-7,10,16H,8-9,12,20H2,1H3. The fourth-order valence-corrected chi connectivity index (χ4v) is 2.63. The number of anilines is 2. The normalized spacial score (nSPS) is 13.7. The minimum absolute atomic E-state index is 0.594. The maximum atomic E-state index is 9.06. The number of nitrogen functional groups attached to an aromatic ring is 1. The fraction of sp³-hybridized carbons (Fsp3) is 0.278. The number of nitrogens with zero attached hydrogens (tertiary/aromatic N) is 2. The molecular weight excluding hydrogens is 258 g/mol. The van der Waals surface area contributed by atoms with E-state index < -0.39 is 0 Å². The van der Waals surface area contributed by atoms with Crippen LogP contribution in [0.5, 0.6) is 0 Å². The van der Waals surface area contributed by atoms with Gasteiger partial charge in [-0.15, -0.1) is 0 Å². The molecule has 1 aliphatic carbocycles. The molecule has 0 spiro atoms. The van der Waals surface area contributed by atoms with E-state index in [9.17, 15) is 0 Å². The fourth-order valence-electron chi connectivity index (χ4n) is 2.63. The number of aryl methyl sites for hydroxylation is 1. The van der Waals surface area contributed by atoms with Crippen LogP contribution in [0.15, 0.2) is 42.5 Å². The zero-order valence-electron chi connectivity index (χ0n) is 12.2. The van der Waals surface area contributed by atoms with E-state index in [0.29, 0.717) is 6.04 Å². The first-order chi connectivity index (χ1) is 10.2. The van der Waals surface area contributed by atoms with Gasteiger partial charge in [-0.3, -0.25) is 0 Å². The molecule has 3 heteroatoms. The first kappa shape index (κ1) is 13.5. The van der Waals surface area contributed by atoms with Gasteiger partial charge >= 0.3 is 0 Å². The van der Waals surface area contributed by atoms with Crippen LogP contribution in [0, 0.1) is 18.3 Å². The van der Waals surface area contributed by atoms with E-state index in [1.165, 1.54) is 18.5 Å². The molecule has 0 aliphatic heterocycles. The molecule has 0 amide bonds. The van der Waals surface area contributed by atoms with Crippen LogP contribution in [0.25, 0.3) is 0 Å². The summed E-state index contributed by atoms with van der Waals surface area (Å²) >= 11 is 0. The first-order valence-corrected chi connectivity index (χ1v) is 7.30. The van der Waals surface area contributed by atoms with Crippen LogP contribution < -0.4 is 10.6 Å². The van der Waals surface area contributed by atoms with Crippen molar-refractivity contribution in [2.24, 2.45) is 0 Å². The number of para-hydroxylation sites is 1. The summed E-state index contributed by atoms with van der Waals surface area (Å²) in [7, 11) is 0. The van der Waals surface area contributed by atoms with E-state index in [1.807, 2.05) is 37.3 Å². The number of hydrogen-bond acceptors (Lipinski definition) is 3. The lowest BCUT2D eigenvalue weighted by molar-refractivity contribution is 0.795. The summed E-state index contributed by atoms with van der Waals surface area (Å²) in [4.78, 5) is 2.40. The number of hydrogen-bond donors (Lipinski definition) is 1. The van der Waals surface area contributed by atoms with Gasteiger partial charge in [-0.25, -0.2) is 0 Å². The Balaban J connectivity index is 1.90. The maximum Gasteiger partial charge on any atom is 0.0994 e. The highest BCUT2D eigenvalue weighted by Gasteiger charge is 2.29. The number of benzene rings is 2. The first-order valence-electron chi connectivity index (χ1n) is 7.30. The molecule has 2 aromatic carbocycles. The molecule has 1 aliphatic rings. The molecule has 0 radical (unpaired) electrons. The van der Waals surface area contributed by atoms with Gasteiger partial charge in [0, 0.05) is 24.0 Å². The number of nitriles is 1. The van der Waals surface area contributed by atoms with Crippen LogP contribution in [0.4, 0.5) is 11.4 Å². The van der Waals surface area contributed by atoms with Gasteiger partial charge in [0.15, 0.2) is 0 Å². The third kappa shape index (κ3) is 2.85. The van der Waals surface area contributed by atoms with E-state index in [1.54, 1.807) is 0 Å². The molecule has 1 fully saturated rings. The SMILES string of the molecule is Cc1cc(N(Cc2ccccc2N)C2CC2)ccc1C#N. The van der Waals surface area contributed by atoms with Gasteiger partial charge in [0.2, 0.25) is 0 Å². The van der Waals surface area contributed by atoms with Crippen LogP contribution >= 0.6 is 0 Å². The van der Waals surface area contributed by atoms with Gasteiger partial charge in [-0.05, 0) is 55.2 Å². The average molecular weight is 277 g/mol. The van der Waals surface area contributed by atoms with E-state index in [-0.39, 0.29) is 0 Å². The Morgan fingerprint density at radius 2 is 2.00 bits per heavy atom. The van der Waals surface area contributed by atoms with Crippen LogP contribution in [-0.2, 0) is 6.54 Å².